The summed E-state index contributed by atoms with van der Waals surface area (Å²) >= 11 is 0. The second kappa shape index (κ2) is 9.50. The zero-order valence-electron chi connectivity index (χ0n) is 10.5. The Balaban J connectivity index is 0.00000289. The molecule has 100 valence electrons. The minimum Gasteiger partial charge on any atom is -0.492 e. The molecule has 0 heterocycles. The van der Waals surface area contributed by atoms with Crippen LogP contribution in [0.2, 0.25) is 0 Å². The standard InChI is InChI=1S/C13H17NO3.ClH/c1-14-9-10-17-12-6-3-11(4-7-12)5-8-13(15)16-2;/h3-8,14H,9-10H2,1-2H3;1H/b8-5+;. The first-order valence-corrected chi connectivity index (χ1v) is 5.39. The monoisotopic (exact) mass is 271 g/mol. The zero-order valence-corrected chi connectivity index (χ0v) is 11.3. The van der Waals surface area contributed by atoms with Crippen molar-refractivity contribution in [2.45, 2.75) is 0 Å². The fourth-order valence-electron chi connectivity index (χ4n) is 1.18. The molecule has 0 amide bonds. The van der Waals surface area contributed by atoms with Gasteiger partial charge in [-0.2, -0.15) is 0 Å². The second-order valence-corrected chi connectivity index (χ2v) is 3.38. The van der Waals surface area contributed by atoms with Gasteiger partial charge in [-0.05, 0) is 30.8 Å². The predicted octanol–water partition coefficient (Wildman–Crippen LogP) is 1.89. The van der Waals surface area contributed by atoms with E-state index < -0.39 is 0 Å². The summed E-state index contributed by atoms with van der Waals surface area (Å²) in [6, 6.07) is 7.50. The lowest BCUT2D eigenvalue weighted by Gasteiger charge is -2.05. The lowest BCUT2D eigenvalue weighted by atomic mass is 10.2. The Morgan fingerprint density at radius 2 is 2.00 bits per heavy atom. The van der Waals surface area contributed by atoms with Gasteiger partial charge in [0.1, 0.15) is 12.4 Å². The van der Waals surface area contributed by atoms with E-state index in [1.54, 1.807) is 6.08 Å². The second-order valence-electron chi connectivity index (χ2n) is 3.38. The summed E-state index contributed by atoms with van der Waals surface area (Å²) in [5, 5.41) is 3.00. The van der Waals surface area contributed by atoms with Crippen LogP contribution < -0.4 is 10.1 Å². The number of halogens is 1. The van der Waals surface area contributed by atoms with E-state index in [1.807, 2.05) is 31.3 Å². The third kappa shape index (κ3) is 6.27. The minimum atomic E-state index is -0.362. The third-order valence-electron chi connectivity index (χ3n) is 2.11. The largest absolute Gasteiger partial charge is 0.492 e. The zero-order chi connectivity index (χ0) is 12.5. The fraction of sp³-hybridized carbons (Fsp3) is 0.308. The van der Waals surface area contributed by atoms with E-state index >= 15 is 0 Å². The van der Waals surface area contributed by atoms with Crippen molar-refractivity contribution in [2.24, 2.45) is 0 Å². The Hall–Kier alpha value is -1.52. The average molecular weight is 272 g/mol. The molecule has 0 aromatic heterocycles. The smallest absolute Gasteiger partial charge is 0.330 e. The highest BCUT2D eigenvalue weighted by molar-refractivity contribution is 5.86. The number of hydrogen-bond donors (Lipinski definition) is 1. The summed E-state index contributed by atoms with van der Waals surface area (Å²) in [6.07, 6.45) is 3.08. The molecule has 4 nitrogen and oxygen atoms in total. The molecule has 18 heavy (non-hydrogen) atoms. The number of ether oxygens (including phenoxy) is 2. The van der Waals surface area contributed by atoms with Gasteiger partial charge >= 0.3 is 5.97 Å². The van der Waals surface area contributed by atoms with Crippen LogP contribution in [0.25, 0.3) is 6.08 Å². The molecule has 1 aromatic rings. The van der Waals surface area contributed by atoms with Crippen LogP contribution in [0.3, 0.4) is 0 Å². The van der Waals surface area contributed by atoms with Gasteiger partial charge < -0.3 is 14.8 Å². The van der Waals surface area contributed by atoms with Crippen LogP contribution in [0.5, 0.6) is 5.75 Å². The van der Waals surface area contributed by atoms with Crippen molar-refractivity contribution in [3.63, 3.8) is 0 Å². The topological polar surface area (TPSA) is 47.6 Å². The van der Waals surface area contributed by atoms with E-state index in [0.717, 1.165) is 17.9 Å². The lowest BCUT2D eigenvalue weighted by Crippen LogP contribution is -2.15. The van der Waals surface area contributed by atoms with Crippen LogP contribution in [-0.2, 0) is 9.53 Å². The lowest BCUT2D eigenvalue weighted by molar-refractivity contribution is -0.134. The molecule has 0 fully saturated rings. The Morgan fingerprint density at radius 1 is 1.33 bits per heavy atom. The number of hydrogen-bond acceptors (Lipinski definition) is 4. The molecule has 5 heteroatoms. The van der Waals surface area contributed by atoms with Gasteiger partial charge in [0.05, 0.1) is 7.11 Å². The first kappa shape index (κ1) is 16.5. The van der Waals surface area contributed by atoms with E-state index in [9.17, 15) is 4.79 Å². The molecule has 0 aliphatic carbocycles. The van der Waals surface area contributed by atoms with Crippen molar-refractivity contribution >= 4 is 24.5 Å². The van der Waals surface area contributed by atoms with E-state index in [1.165, 1.54) is 13.2 Å². The highest BCUT2D eigenvalue weighted by Crippen LogP contribution is 2.12. The van der Waals surface area contributed by atoms with Crippen molar-refractivity contribution in [1.82, 2.24) is 5.32 Å². The van der Waals surface area contributed by atoms with E-state index in [0.29, 0.717) is 6.61 Å². The maximum Gasteiger partial charge on any atom is 0.330 e. The normalized spacial score (nSPS) is 9.89. The maximum atomic E-state index is 10.9. The van der Waals surface area contributed by atoms with Crippen LogP contribution in [0.15, 0.2) is 30.3 Å². The molecule has 0 saturated heterocycles. The van der Waals surface area contributed by atoms with Gasteiger partial charge in [0.2, 0.25) is 0 Å². The van der Waals surface area contributed by atoms with E-state index in [-0.39, 0.29) is 18.4 Å². The number of carbonyl (C=O) groups is 1. The molecule has 0 saturated carbocycles. The number of carbonyl (C=O) groups excluding carboxylic acids is 1. The van der Waals surface area contributed by atoms with Gasteiger partial charge in [0.25, 0.3) is 0 Å². The average Bonchev–Trinajstić information content (AvgIpc) is 2.37. The van der Waals surface area contributed by atoms with Gasteiger partial charge in [-0.1, -0.05) is 12.1 Å². The van der Waals surface area contributed by atoms with Crippen molar-refractivity contribution in [3.8, 4) is 5.75 Å². The summed E-state index contributed by atoms with van der Waals surface area (Å²) in [6.45, 7) is 1.44. The number of esters is 1. The molecular weight excluding hydrogens is 254 g/mol. The summed E-state index contributed by atoms with van der Waals surface area (Å²) in [5.74, 6) is 0.454. The molecule has 0 aliphatic rings. The fourth-order valence-corrected chi connectivity index (χ4v) is 1.18. The molecule has 1 rings (SSSR count). The number of likely N-dealkylation sites (N-methyl/N-ethyl adjacent to an activating group) is 1. The number of nitrogens with one attached hydrogen (secondary N) is 1. The molecular formula is C13H18ClNO3. The highest BCUT2D eigenvalue weighted by atomic mass is 35.5. The van der Waals surface area contributed by atoms with Crippen LogP contribution >= 0.6 is 12.4 Å². The van der Waals surface area contributed by atoms with E-state index in [2.05, 4.69) is 10.1 Å². The Kier molecular flexibility index (Phi) is 8.70. The Bertz CT molecular complexity index is 376. The van der Waals surface area contributed by atoms with E-state index in [4.69, 9.17) is 4.74 Å². The van der Waals surface area contributed by atoms with Gasteiger partial charge in [-0.3, -0.25) is 0 Å². The molecule has 0 unspecified atom stereocenters. The van der Waals surface area contributed by atoms with Gasteiger partial charge in [0, 0.05) is 12.6 Å². The molecule has 1 N–H and O–H groups in total. The van der Waals surface area contributed by atoms with Crippen LogP contribution in [-0.4, -0.2) is 33.3 Å². The summed E-state index contributed by atoms with van der Waals surface area (Å²) in [5.41, 5.74) is 0.927. The SMILES string of the molecule is CNCCOc1ccc(/C=C/C(=O)OC)cc1.Cl. The third-order valence-corrected chi connectivity index (χ3v) is 2.11. The molecule has 1 aromatic carbocycles. The predicted molar refractivity (Wildman–Crippen MR) is 74.2 cm³/mol. The number of rotatable bonds is 6. The van der Waals surface area contributed by atoms with Crippen molar-refractivity contribution in [2.75, 3.05) is 27.3 Å². The number of methoxy groups -OCH3 is 1. The van der Waals surface area contributed by atoms with Gasteiger partial charge in [0.15, 0.2) is 0 Å². The molecule has 0 aliphatic heterocycles. The quantitative estimate of drug-likeness (QED) is 0.488. The van der Waals surface area contributed by atoms with Gasteiger partial charge in [-0.15, -0.1) is 12.4 Å². The van der Waals surface area contributed by atoms with Crippen molar-refractivity contribution < 1.29 is 14.3 Å². The Morgan fingerprint density at radius 3 is 2.56 bits per heavy atom. The molecule has 0 spiro atoms. The molecule has 0 bridgehead atoms. The van der Waals surface area contributed by atoms with Crippen LogP contribution in [0, 0.1) is 0 Å². The molecule has 0 atom stereocenters. The molecule has 0 radical (unpaired) electrons. The van der Waals surface area contributed by atoms with Crippen LogP contribution in [0.4, 0.5) is 0 Å². The first-order valence-electron chi connectivity index (χ1n) is 5.39. The Labute approximate surface area is 113 Å². The summed E-state index contributed by atoms with van der Waals surface area (Å²) in [4.78, 5) is 10.9. The summed E-state index contributed by atoms with van der Waals surface area (Å²) < 4.78 is 9.97. The minimum absolute atomic E-state index is 0. The summed E-state index contributed by atoms with van der Waals surface area (Å²) in [7, 11) is 3.23. The van der Waals surface area contributed by atoms with Crippen LogP contribution in [0.1, 0.15) is 5.56 Å². The maximum absolute atomic E-state index is 10.9. The van der Waals surface area contributed by atoms with Crippen molar-refractivity contribution in [3.05, 3.63) is 35.9 Å². The highest BCUT2D eigenvalue weighted by Gasteiger charge is 1.94. The van der Waals surface area contributed by atoms with Crippen molar-refractivity contribution in [1.29, 1.82) is 0 Å². The first-order chi connectivity index (χ1) is 8.26. The number of benzene rings is 1. The van der Waals surface area contributed by atoms with Gasteiger partial charge in [-0.25, -0.2) is 4.79 Å².